The van der Waals surface area contributed by atoms with E-state index < -0.39 is 0 Å². The van der Waals surface area contributed by atoms with Gasteiger partial charge in [-0.05, 0) is 25.3 Å². The van der Waals surface area contributed by atoms with Crippen molar-refractivity contribution < 1.29 is 4.79 Å². The Bertz CT molecular complexity index is 622. The highest BCUT2D eigenvalue weighted by Crippen LogP contribution is 2.14. The molecule has 2 aromatic rings. The van der Waals surface area contributed by atoms with Gasteiger partial charge in [-0.25, -0.2) is 4.98 Å². The first-order valence-corrected chi connectivity index (χ1v) is 9.04. The number of aromatic nitrogens is 2. The van der Waals surface area contributed by atoms with E-state index in [1.54, 1.807) is 6.33 Å². The lowest BCUT2D eigenvalue weighted by atomic mass is 10.0. The van der Waals surface area contributed by atoms with Gasteiger partial charge in [-0.2, -0.15) is 0 Å². The number of hydrogen-bond donors (Lipinski definition) is 2. The molecule has 1 aromatic heterocycles. The molecule has 0 fully saturated rings. The van der Waals surface area contributed by atoms with Crippen molar-refractivity contribution in [3.8, 4) is 0 Å². The molecule has 0 spiro atoms. The molecule has 1 atom stereocenters. The summed E-state index contributed by atoms with van der Waals surface area (Å²) in [7, 11) is 0. The average molecular weight is 342 g/mol. The molecule has 0 saturated heterocycles. The molecule has 0 aliphatic rings. The minimum atomic E-state index is -0.186. The lowest BCUT2D eigenvalue weighted by molar-refractivity contribution is -0.137. The van der Waals surface area contributed by atoms with Crippen LogP contribution in [-0.4, -0.2) is 39.4 Å². The van der Waals surface area contributed by atoms with Gasteiger partial charge in [0.15, 0.2) is 0 Å². The van der Waals surface area contributed by atoms with E-state index in [2.05, 4.69) is 55.1 Å². The molecule has 2 rings (SSSR count). The van der Waals surface area contributed by atoms with E-state index in [0.717, 1.165) is 24.2 Å². The van der Waals surface area contributed by atoms with E-state index in [4.69, 9.17) is 0 Å². The lowest BCUT2D eigenvalue weighted by Crippen LogP contribution is -2.51. The molecule has 136 valence electrons. The molecule has 0 radical (unpaired) electrons. The maximum atomic E-state index is 13.2. The predicted molar refractivity (Wildman–Crippen MR) is 101 cm³/mol. The van der Waals surface area contributed by atoms with Crippen LogP contribution in [0.3, 0.4) is 0 Å². The Hall–Kier alpha value is -2.14. The largest absolute Gasteiger partial charge is 0.348 e. The minimum Gasteiger partial charge on any atom is -0.348 e. The third-order valence-electron chi connectivity index (χ3n) is 4.35. The molecule has 0 aliphatic heterocycles. The zero-order chi connectivity index (χ0) is 18.2. The number of carbonyl (C=O) groups is 1. The fourth-order valence-corrected chi connectivity index (χ4v) is 2.87. The lowest BCUT2D eigenvalue weighted by Gasteiger charge is -2.33. The van der Waals surface area contributed by atoms with E-state index in [-0.39, 0.29) is 23.9 Å². The van der Waals surface area contributed by atoms with Gasteiger partial charge in [0.1, 0.15) is 0 Å². The summed E-state index contributed by atoms with van der Waals surface area (Å²) in [5, 5.41) is 3.44. The van der Waals surface area contributed by atoms with Gasteiger partial charge in [0.05, 0.1) is 12.4 Å². The molecular formula is C20H30N4O. The SMILES string of the molecule is CC(C)[C@H](NCCc1cnc[nH]1)C(=O)N(Cc1ccccc1)C(C)C. The number of imidazole rings is 1. The van der Waals surface area contributed by atoms with Crippen molar-refractivity contribution in [2.75, 3.05) is 6.54 Å². The fourth-order valence-electron chi connectivity index (χ4n) is 2.87. The van der Waals surface area contributed by atoms with Crippen molar-refractivity contribution in [1.29, 1.82) is 0 Å². The Balaban J connectivity index is 2.01. The molecule has 1 amide bonds. The molecule has 25 heavy (non-hydrogen) atoms. The number of H-pyrrole nitrogens is 1. The number of benzene rings is 1. The van der Waals surface area contributed by atoms with Crippen LogP contribution in [0.15, 0.2) is 42.9 Å². The summed E-state index contributed by atoms with van der Waals surface area (Å²) in [4.78, 5) is 22.3. The first-order valence-electron chi connectivity index (χ1n) is 9.04. The highest BCUT2D eigenvalue weighted by molar-refractivity contribution is 5.82. The van der Waals surface area contributed by atoms with E-state index in [9.17, 15) is 4.79 Å². The topological polar surface area (TPSA) is 61.0 Å². The van der Waals surface area contributed by atoms with Crippen molar-refractivity contribution in [3.05, 3.63) is 54.1 Å². The predicted octanol–water partition coefficient (Wildman–Crippen LogP) is 3.00. The molecule has 1 aromatic carbocycles. The zero-order valence-electron chi connectivity index (χ0n) is 15.7. The van der Waals surface area contributed by atoms with Crippen molar-refractivity contribution in [3.63, 3.8) is 0 Å². The molecule has 0 aliphatic carbocycles. The molecule has 0 unspecified atom stereocenters. The fraction of sp³-hybridized carbons (Fsp3) is 0.500. The van der Waals surface area contributed by atoms with E-state index in [1.807, 2.05) is 29.3 Å². The van der Waals surface area contributed by atoms with Crippen molar-refractivity contribution >= 4 is 5.91 Å². The van der Waals surface area contributed by atoms with Gasteiger partial charge in [-0.1, -0.05) is 44.2 Å². The van der Waals surface area contributed by atoms with Gasteiger partial charge in [0.2, 0.25) is 5.91 Å². The van der Waals surface area contributed by atoms with E-state index in [0.29, 0.717) is 6.54 Å². The first kappa shape index (κ1) is 19.2. The minimum absolute atomic E-state index is 0.156. The van der Waals surface area contributed by atoms with Crippen LogP contribution in [0.1, 0.15) is 39.0 Å². The first-order chi connectivity index (χ1) is 12.0. The standard InChI is InChI=1S/C20H30N4O/c1-15(2)19(22-11-10-18-12-21-14-23-18)20(25)24(16(3)4)13-17-8-6-5-7-9-17/h5-9,12,14-16,19,22H,10-11,13H2,1-4H3,(H,21,23)/t19-/m0/s1. The van der Waals surface area contributed by atoms with Crippen molar-refractivity contribution in [1.82, 2.24) is 20.2 Å². The summed E-state index contributed by atoms with van der Waals surface area (Å²) in [5.41, 5.74) is 2.23. The quantitative estimate of drug-likeness (QED) is 0.736. The molecule has 2 N–H and O–H groups in total. The number of aromatic amines is 1. The Morgan fingerprint density at radius 2 is 1.92 bits per heavy atom. The van der Waals surface area contributed by atoms with Crippen LogP contribution in [-0.2, 0) is 17.8 Å². The second-order valence-corrected chi connectivity index (χ2v) is 7.05. The summed E-state index contributed by atoms with van der Waals surface area (Å²) in [6.45, 7) is 9.71. The monoisotopic (exact) mass is 342 g/mol. The molecule has 0 bridgehead atoms. The maximum Gasteiger partial charge on any atom is 0.240 e. The third kappa shape index (κ3) is 5.71. The van der Waals surface area contributed by atoms with Gasteiger partial charge in [0, 0.05) is 37.4 Å². The third-order valence-corrected chi connectivity index (χ3v) is 4.35. The average Bonchev–Trinajstić information content (AvgIpc) is 3.10. The molecular weight excluding hydrogens is 312 g/mol. The van der Waals surface area contributed by atoms with Crippen LogP contribution >= 0.6 is 0 Å². The summed E-state index contributed by atoms with van der Waals surface area (Å²) in [5.74, 6) is 0.393. The van der Waals surface area contributed by atoms with E-state index >= 15 is 0 Å². The Morgan fingerprint density at radius 1 is 1.20 bits per heavy atom. The molecule has 1 heterocycles. The maximum absolute atomic E-state index is 13.2. The molecule has 5 heteroatoms. The van der Waals surface area contributed by atoms with Gasteiger partial charge in [-0.3, -0.25) is 4.79 Å². The summed E-state index contributed by atoms with van der Waals surface area (Å²) in [6, 6.07) is 10.1. The van der Waals surface area contributed by atoms with Crippen molar-refractivity contribution in [2.24, 2.45) is 5.92 Å². The van der Waals surface area contributed by atoms with E-state index in [1.165, 1.54) is 0 Å². The Morgan fingerprint density at radius 3 is 2.48 bits per heavy atom. The summed E-state index contributed by atoms with van der Waals surface area (Å²) in [6.07, 6.45) is 4.33. The van der Waals surface area contributed by atoms with Crippen LogP contribution in [0.2, 0.25) is 0 Å². The Kier molecular flexibility index (Phi) is 7.19. The van der Waals surface area contributed by atoms with Crippen LogP contribution in [0.5, 0.6) is 0 Å². The second kappa shape index (κ2) is 9.37. The highest BCUT2D eigenvalue weighted by atomic mass is 16.2. The molecule has 5 nitrogen and oxygen atoms in total. The van der Waals surface area contributed by atoms with Gasteiger partial charge < -0.3 is 15.2 Å². The number of amides is 1. The van der Waals surface area contributed by atoms with Crippen LogP contribution in [0.4, 0.5) is 0 Å². The Labute approximate surface area is 150 Å². The smallest absolute Gasteiger partial charge is 0.240 e. The van der Waals surface area contributed by atoms with Gasteiger partial charge in [-0.15, -0.1) is 0 Å². The van der Waals surface area contributed by atoms with Gasteiger partial charge in [0.25, 0.3) is 0 Å². The van der Waals surface area contributed by atoms with Gasteiger partial charge >= 0.3 is 0 Å². The second-order valence-electron chi connectivity index (χ2n) is 7.05. The summed E-state index contributed by atoms with van der Waals surface area (Å²) < 4.78 is 0. The van der Waals surface area contributed by atoms with Crippen LogP contribution in [0, 0.1) is 5.92 Å². The molecule has 0 saturated carbocycles. The van der Waals surface area contributed by atoms with Crippen molar-refractivity contribution in [2.45, 2.75) is 52.7 Å². The number of nitrogens with one attached hydrogen (secondary N) is 2. The van der Waals surface area contributed by atoms with Crippen LogP contribution < -0.4 is 5.32 Å². The number of hydrogen-bond acceptors (Lipinski definition) is 3. The summed E-state index contributed by atoms with van der Waals surface area (Å²) >= 11 is 0. The zero-order valence-corrected chi connectivity index (χ0v) is 15.7. The number of carbonyl (C=O) groups excluding carboxylic acids is 1. The van der Waals surface area contributed by atoms with Crippen LogP contribution in [0.25, 0.3) is 0 Å². The number of rotatable bonds is 9. The normalized spacial score (nSPS) is 12.6. The highest BCUT2D eigenvalue weighted by Gasteiger charge is 2.28. The number of nitrogens with zero attached hydrogens (tertiary/aromatic N) is 2.